The molecule has 0 saturated heterocycles. The maximum absolute atomic E-state index is 4.35. The molecular weight excluding hydrogens is 180 g/mol. The minimum atomic E-state index is 0.655. The van der Waals surface area contributed by atoms with Gasteiger partial charge in [-0.2, -0.15) is 0 Å². The summed E-state index contributed by atoms with van der Waals surface area (Å²) >= 11 is 0. The molecule has 0 amide bonds. The summed E-state index contributed by atoms with van der Waals surface area (Å²) in [5.41, 5.74) is 2.25. The van der Waals surface area contributed by atoms with Crippen LogP contribution in [0.15, 0.2) is 12.2 Å². The molecule has 0 radical (unpaired) electrons. The lowest BCUT2D eigenvalue weighted by Crippen LogP contribution is -2.18. The van der Waals surface area contributed by atoms with Crippen LogP contribution in [-0.2, 0) is 0 Å². The fourth-order valence-corrected chi connectivity index (χ4v) is 4.93. The van der Waals surface area contributed by atoms with E-state index in [0.717, 1.165) is 29.6 Å². The molecule has 5 atom stereocenters. The Morgan fingerprint density at radius 2 is 1.93 bits per heavy atom. The van der Waals surface area contributed by atoms with Gasteiger partial charge in [0.15, 0.2) is 0 Å². The SMILES string of the molecule is C=C1CC[C@@H]2C(C3[C@H](C)CC[C@H]13)C2(C)C. The Morgan fingerprint density at radius 1 is 1.20 bits per heavy atom. The number of rotatable bonds is 0. The van der Waals surface area contributed by atoms with Crippen LogP contribution in [-0.4, -0.2) is 0 Å². The minimum Gasteiger partial charge on any atom is -0.0996 e. The Hall–Kier alpha value is -0.260. The van der Waals surface area contributed by atoms with Crippen LogP contribution < -0.4 is 0 Å². The van der Waals surface area contributed by atoms with E-state index < -0.39 is 0 Å². The third kappa shape index (κ3) is 1.20. The third-order valence-electron chi connectivity index (χ3n) is 5.91. The Morgan fingerprint density at radius 3 is 2.67 bits per heavy atom. The van der Waals surface area contributed by atoms with E-state index in [4.69, 9.17) is 0 Å². The predicted molar refractivity (Wildman–Crippen MR) is 64.5 cm³/mol. The lowest BCUT2D eigenvalue weighted by Gasteiger charge is -2.25. The Balaban J connectivity index is 1.93. The van der Waals surface area contributed by atoms with Gasteiger partial charge in [-0.05, 0) is 60.7 Å². The van der Waals surface area contributed by atoms with E-state index in [2.05, 4.69) is 27.4 Å². The highest BCUT2D eigenvalue weighted by atomic mass is 14.7. The highest BCUT2D eigenvalue weighted by Crippen LogP contribution is 2.70. The second-order valence-corrected chi connectivity index (χ2v) is 6.89. The molecule has 3 fully saturated rings. The van der Waals surface area contributed by atoms with Crippen LogP contribution in [0, 0.1) is 35.0 Å². The van der Waals surface area contributed by atoms with Gasteiger partial charge in [-0.3, -0.25) is 0 Å². The monoisotopic (exact) mass is 204 g/mol. The molecular formula is C15H24. The van der Waals surface area contributed by atoms with Crippen molar-refractivity contribution in [3.8, 4) is 0 Å². The van der Waals surface area contributed by atoms with Gasteiger partial charge < -0.3 is 0 Å². The maximum atomic E-state index is 4.35. The van der Waals surface area contributed by atoms with Crippen LogP contribution in [0.1, 0.15) is 46.5 Å². The molecule has 0 nitrogen and oxygen atoms in total. The number of allylic oxidation sites excluding steroid dienone is 1. The first-order chi connectivity index (χ1) is 7.03. The molecule has 0 aromatic rings. The van der Waals surface area contributed by atoms with Crippen molar-refractivity contribution < 1.29 is 0 Å². The molecule has 15 heavy (non-hydrogen) atoms. The summed E-state index contributed by atoms with van der Waals surface area (Å²) in [5.74, 6) is 4.87. The van der Waals surface area contributed by atoms with E-state index in [1.54, 1.807) is 5.57 Å². The van der Waals surface area contributed by atoms with Crippen LogP contribution in [0.4, 0.5) is 0 Å². The molecule has 3 rings (SSSR count). The zero-order chi connectivity index (χ0) is 10.8. The van der Waals surface area contributed by atoms with Crippen molar-refractivity contribution in [2.45, 2.75) is 46.5 Å². The standard InChI is InChI=1S/C15H24/c1-9-6-8-12-14(15(12,3)4)13-10(2)5-7-11(9)13/h10-14H,1,5-8H2,2-4H3/t10-,11-,12-,13?,14?/m1/s1. The summed E-state index contributed by atoms with van der Waals surface area (Å²) in [6.45, 7) is 11.8. The van der Waals surface area contributed by atoms with Crippen molar-refractivity contribution in [3.05, 3.63) is 12.2 Å². The normalized spacial score (nSPS) is 51.9. The molecule has 0 bridgehead atoms. The molecule has 0 aromatic heterocycles. The molecule has 3 aliphatic carbocycles. The first-order valence-corrected chi connectivity index (χ1v) is 6.71. The van der Waals surface area contributed by atoms with E-state index >= 15 is 0 Å². The van der Waals surface area contributed by atoms with Crippen molar-refractivity contribution in [2.75, 3.05) is 0 Å². The summed E-state index contributed by atoms with van der Waals surface area (Å²) < 4.78 is 0. The van der Waals surface area contributed by atoms with Gasteiger partial charge in [0.25, 0.3) is 0 Å². The minimum absolute atomic E-state index is 0.655. The van der Waals surface area contributed by atoms with Gasteiger partial charge in [0.05, 0.1) is 0 Å². The van der Waals surface area contributed by atoms with Crippen molar-refractivity contribution in [3.63, 3.8) is 0 Å². The Kier molecular flexibility index (Phi) is 1.92. The summed E-state index contributed by atoms with van der Waals surface area (Å²) in [5, 5.41) is 0. The molecule has 0 spiro atoms. The van der Waals surface area contributed by atoms with E-state index in [-0.39, 0.29) is 0 Å². The Bertz CT molecular complexity index is 299. The summed E-state index contributed by atoms with van der Waals surface area (Å²) in [6, 6.07) is 0. The Labute approximate surface area is 94.1 Å². The predicted octanol–water partition coefficient (Wildman–Crippen LogP) is 4.27. The second-order valence-electron chi connectivity index (χ2n) is 6.89. The molecule has 0 N–H and O–H groups in total. The molecule has 3 saturated carbocycles. The lowest BCUT2D eigenvalue weighted by molar-refractivity contribution is 0.280. The molecule has 3 aliphatic rings. The van der Waals surface area contributed by atoms with Gasteiger partial charge in [-0.1, -0.05) is 32.9 Å². The van der Waals surface area contributed by atoms with Crippen molar-refractivity contribution in [2.24, 2.45) is 35.0 Å². The van der Waals surface area contributed by atoms with Gasteiger partial charge in [0.1, 0.15) is 0 Å². The van der Waals surface area contributed by atoms with Crippen molar-refractivity contribution in [1.29, 1.82) is 0 Å². The zero-order valence-electron chi connectivity index (χ0n) is 10.4. The molecule has 0 aromatic carbocycles. The number of hydrogen-bond acceptors (Lipinski definition) is 0. The molecule has 84 valence electrons. The van der Waals surface area contributed by atoms with Gasteiger partial charge in [-0.15, -0.1) is 0 Å². The fraction of sp³-hybridized carbons (Fsp3) is 0.867. The van der Waals surface area contributed by atoms with Crippen molar-refractivity contribution in [1.82, 2.24) is 0 Å². The van der Waals surface area contributed by atoms with Gasteiger partial charge >= 0.3 is 0 Å². The van der Waals surface area contributed by atoms with E-state index in [9.17, 15) is 0 Å². The van der Waals surface area contributed by atoms with Crippen LogP contribution in [0.25, 0.3) is 0 Å². The van der Waals surface area contributed by atoms with Crippen molar-refractivity contribution >= 4 is 0 Å². The molecule has 0 heterocycles. The molecule has 0 aliphatic heterocycles. The zero-order valence-corrected chi connectivity index (χ0v) is 10.4. The smallest absolute Gasteiger partial charge is 0.0172 e. The van der Waals surface area contributed by atoms with Crippen LogP contribution in [0.2, 0.25) is 0 Å². The van der Waals surface area contributed by atoms with E-state index in [1.165, 1.54) is 25.7 Å². The highest BCUT2D eigenvalue weighted by molar-refractivity contribution is 5.20. The lowest BCUT2D eigenvalue weighted by atomic mass is 9.80. The first-order valence-electron chi connectivity index (χ1n) is 6.71. The molecule has 0 heteroatoms. The second kappa shape index (κ2) is 2.90. The summed E-state index contributed by atoms with van der Waals surface area (Å²) in [4.78, 5) is 0. The quantitative estimate of drug-likeness (QED) is 0.517. The van der Waals surface area contributed by atoms with E-state index in [0.29, 0.717) is 5.41 Å². The highest BCUT2D eigenvalue weighted by Gasteiger charge is 2.64. The van der Waals surface area contributed by atoms with Crippen LogP contribution >= 0.6 is 0 Å². The summed E-state index contributed by atoms with van der Waals surface area (Å²) in [6.07, 6.45) is 5.63. The first kappa shape index (κ1) is 9.93. The third-order valence-corrected chi connectivity index (χ3v) is 5.91. The van der Waals surface area contributed by atoms with Gasteiger partial charge in [0.2, 0.25) is 0 Å². The average molecular weight is 204 g/mol. The van der Waals surface area contributed by atoms with Gasteiger partial charge in [-0.25, -0.2) is 0 Å². The van der Waals surface area contributed by atoms with Gasteiger partial charge in [0, 0.05) is 0 Å². The maximum Gasteiger partial charge on any atom is -0.0172 e. The largest absolute Gasteiger partial charge is 0.0996 e. The number of hydrogen-bond donors (Lipinski definition) is 0. The molecule has 2 unspecified atom stereocenters. The van der Waals surface area contributed by atoms with E-state index in [1.807, 2.05) is 0 Å². The number of fused-ring (bicyclic) bond motifs is 3. The summed E-state index contributed by atoms with van der Waals surface area (Å²) in [7, 11) is 0. The average Bonchev–Trinajstić information content (AvgIpc) is 2.55. The topological polar surface area (TPSA) is 0 Å². The van der Waals surface area contributed by atoms with Crippen LogP contribution in [0.5, 0.6) is 0 Å². The van der Waals surface area contributed by atoms with Crippen LogP contribution in [0.3, 0.4) is 0 Å². The fourth-order valence-electron chi connectivity index (χ4n) is 4.93.